The van der Waals surface area contributed by atoms with Crippen LogP contribution in [0.1, 0.15) is 24.2 Å². The average molecular weight is 237 g/mol. The van der Waals surface area contributed by atoms with Crippen LogP contribution in [0, 0.1) is 5.92 Å². The van der Waals surface area contributed by atoms with Crippen LogP contribution in [0.3, 0.4) is 0 Å². The van der Waals surface area contributed by atoms with Crippen molar-refractivity contribution in [2.24, 2.45) is 5.92 Å². The van der Waals surface area contributed by atoms with Crippen LogP contribution in [0.5, 0.6) is 5.75 Å². The van der Waals surface area contributed by atoms with Gasteiger partial charge in [-0.05, 0) is 18.1 Å². The number of carboxylic acid groups (broad SMARTS) is 1. The molecule has 0 amide bonds. The molecule has 0 aliphatic carbocycles. The second-order valence-corrected chi connectivity index (χ2v) is 4.46. The van der Waals surface area contributed by atoms with Crippen molar-refractivity contribution in [1.82, 2.24) is 0 Å². The maximum atomic E-state index is 11.1. The highest BCUT2D eigenvalue weighted by Crippen LogP contribution is 2.26. The zero-order chi connectivity index (χ0) is 13.0. The molecule has 4 nitrogen and oxygen atoms in total. The van der Waals surface area contributed by atoms with Crippen molar-refractivity contribution in [3.8, 4) is 5.75 Å². The molecule has 94 valence electrons. The minimum absolute atomic E-state index is 0.300. The number of anilines is 1. The molecule has 0 bridgehead atoms. The Hall–Kier alpha value is -1.71. The van der Waals surface area contributed by atoms with Gasteiger partial charge in [0.1, 0.15) is 5.75 Å². The molecule has 0 aromatic heterocycles. The lowest BCUT2D eigenvalue weighted by molar-refractivity contribution is 0.0697. The molecule has 0 spiro atoms. The molecule has 0 unspecified atom stereocenters. The molecule has 0 atom stereocenters. The van der Waals surface area contributed by atoms with E-state index < -0.39 is 5.97 Å². The number of carbonyl (C=O) groups is 1. The van der Waals surface area contributed by atoms with Gasteiger partial charge >= 0.3 is 5.97 Å². The molecule has 0 fully saturated rings. The van der Waals surface area contributed by atoms with Crippen molar-refractivity contribution in [3.63, 3.8) is 0 Å². The van der Waals surface area contributed by atoms with Crippen LogP contribution < -0.4 is 9.64 Å². The van der Waals surface area contributed by atoms with Crippen LogP contribution in [0.15, 0.2) is 18.2 Å². The van der Waals surface area contributed by atoms with Crippen LogP contribution in [0.2, 0.25) is 0 Å². The van der Waals surface area contributed by atoms with Gasteiger partial charge in [-0.2, -0.15) is 0 Å². The molecule has 17 heavy (non-hydrogen) atoms. The minimum Gasteiger partial charge on any atom is -0.497 e. The number of carboxylic acids is 1. The van der Waals surface area contributed by atoms with Crippen molar-refractivity contribution < 1.29 is 14.6 Å². The summed E-state index contributed by atoms with van der Waals surface area (Å²) in [5, 5.41) is 9.14. The molecule has 0 aliphatic heterocycles. The highest BCUT2D eigenvalue weighted by molar-refractivity contribution is 5.94. The molecule has 1 aromatic carbocycles. The molecule has 1 aromatic rings. The first-order valence-electron chi connectivity index (χ1n) is 5.58. The number of ether oxygens (including phenoxy) is 1. The first kappa shape index (κ1) is 13.4. The van der Waals surface area contributed by atoms with E-state index in [9.17, 15) is 4.79 Å². The van der Waals surface area contributed by atoms with Gasteiger partial charge < -0.3 is 14.7 Å². The van der Waals surface area contributed by atoms with E-state index in [1.165, 1.54) is 0 Å². The first-order chi connectivity index (χ1) is 7.95. The van der Waals surface area contributed by atoms with Gasteiger partial charge in [-0.25, -0.2) is 4.79 Å². The van der Waals surface area contributed by atoms with Gasteiger partial charge in [0.2, 0.25) is 0 Å². The number of hydrogen-bond acceptors (Lipinski definition) is 3. The molecule has 0 heterocycles. The van der Waals surface area contributed by atoms with Crippen LogP contribution in [-0.4, -0.2) is 31.8 Å². The lowest BCUT2D eigenvalue weighted by atomic mass is 10.1. The van der Waals surface area contributed by atoms with E-state index in [0.29, 0.717) is 22.9 Å². The summed E-state index contributed by atoms with van der Waals surface area (Å²) in [6, 6.07) is 5.00. The summed E-state index contributed by atoms with van der Waals surface area (Å²) in [7, 11) is 3.46. The van der Waals surface area contributed by atoms with Crippen molar-refractivity contribution in [2.45, 2.75) is 13.8 Å². The second-order valence-electron chi connectivity index (χ2n) is 4.46. The maximum absolute atomic E-state index is 11.1. The Morgan fingerprint density at radius 3 is 2.59 bits per heavy atom. The zero-order valence-corrected chi connectivity index (χ0v) is 10.7. The van der Waals surface area contributed by atoms with E-state index in [2.05, 4.69) is 13.8 Å². The third kappa shape index (κ3) is 3.37. The van der Waals surface area contributed by atoms with E-state index in [1.807, 2.05) is 11.9 Å². The quantitative estimate of drug-likeness (QED) is 0.854. The highest BCUT2D eigenvalue weighted by Gasteiger charge is 2.15. The second kappa shape index (κ2) is 5.57. The Morgan fingerprint density at radius 1 is 1.47 bits per heavy atom. The Balaban J connectivity index is 3.12. The summed E-state index contributed by atoms with van der Waals surface area (Å²) < 4.78 is 5.13. The normalized spacial score (nSPS) is 10.4. The molecule has 1 rings (SSSR count). The summed E-state index contributed by atoms with van der Waals surface area (Å²) in [6.45, 7) is 4.99. The Labute approximate surface area is 102 Å². The van der Waals surface area contributed by atoms with E-state index in [1.54, 1.807) is 25.3 Å². The summed E-state index contributed by atoms with van der Waals surface area (Å²) >= 11 is 0. The number of nitrogens with zero attached hydrogens (tertiary/aromatic N) is 1. The van der Waals surface area contributed by atoms with Crippen LogP contribution in [0.25, 0.3) is 0 Å². The third-order valence-corrected chi connectivity index (χ3v) is 2.49. The summed E-state index contributed by atoms with van der Waals surface area (Å²) in [5.74, 6) is 0.215. The number of rotatable bonds is 5. The molecule has 0 radical (unpaired) electrons. The van der Waals surface area contributed by atoms with Crippen molar-refractivity contribution in [3.05, 3.63) is 23.8 Å². The van der Waals surface area contributed by atoms with Gasteiger partial charge in [-0.15, -0.1) is 0 Å². The molecular weight excluding hydrogens is 218 g/mol. The van der Waals surface area contributed by atoms with Crippen molar-refractivity contribution in [1.29, 1.82) is 0 Å². The lowest BCUT2D eigenvalue weighted by Crippen LogP contribution is -2.24. The molecular formula is C13H19NO3. The van der Waals surface area contributed by atoms with E-state index in [4.69, 9.17) is 9.84 Å². The fourth-order valence-electron chi connectivity index (χ4n) is 1.78. The van der Waals surface area contributed by atoms with E-state index in [0.717, 1.165) is 6.54 Å². The molecule has 1 N–H and O–H groups in total. The predicted molar refractivity (Wildman–Crippen MR) is 68.1 cm³/mol. The third-order valence-electron chi connectivity index (χ3n) is 2.49. The van der Waals surface area contributed by atoms with Gasteiger partial charge in [0.05, 0.1) is 18.4 Å². The topological polar surface area (TPSA) is 49.8 Å². The van der Waals surface area contributed by atoms with Gasteiger partial charge in [-0.1, -0.05) is 13.8 Å². The van der Waals surface area contributed by atoms with Gasteiger partial charge in [-0.3, -0.25) is 0 Å². The number of aromatic carboxylic acids is 1. The maximum Gasteiger partial charge on any atom is 0.337 e. The molecule has 0 saturated carbocycles. The molecule has 0 aliphatic rings. The Kier molecular flexibility index (Phi) is 4.37. The average Bonchev–Trinajstić information content (AvgIpc) is 2.27. The largest absolute Gasteiger partial charge is 0.497 e. The summed E-state index contributed by atoms with van der Waals surface area (Å²) in [4.78, 5) is 13.1. The van der Waals surface area contributed by atoms with Gasteiger partial charge in [0, 0.05) is 19.7 Å². The minimum atomic E-state index is -0.918. The fourth-order valence-corrected chi connectivity index (χ4v) is 1.78. The van der Waals surface area contributed by atoms with Gasteiger partial charge in [0.15, 0.2) is 0 Å². The van der Waals surface area contributed by atoms with Gasteiger partial charge in [0.25, 0.3) is 0 Å². The van der Waals surface area contributed by atoms with E-state index >= 15 is 0 Å². The SMILES string of the molecule is COc1ccc(C(=O)O)c(N(C)CC(C)C)c1. The van der Waals surface area contributed by atoms with Crippen LogP contribution in [0.4, 0.5) is 5.69 Å². The van der Waals surface area contributed by atoms with Crippen molar-refractivity contribution >= 4 is 11.7 Å². The molecule has 0 saturated heterocycles. The Morgan fingerprint density at radius 2 is 2.12 bits per heavy atom. The first-order valence-corrected chi connectivity index (χ1v) is 5.58. The Bertz CT molecular complexity index is 402. The lowest BCUT2D eigenvalue weighted by Gasteiger charge is -2.23. The molecule has 4 heteroatoms. The predicted octanol–water partition coefficient (Wildman–Crippen LogP) is 2.49. The number of benzene rings is 1. The summed E-state index contributed by atoms with van der Waals surface area (Å²) in [6.07, 6.45) is 0. The monoisotopic (exact) mass is 237 g/mol. The number of methoxy groups -OCH3 is 1. The van der Waals surface area contributed by atoms with Crippen LogP contribution in [-0.2, 0) is 0 Å². The summed E-state index contributed by atoms with van der Waals surface area (Å²) in [5.41, 5.74) is 0.986. The van der Waals surface area contributed by atoms with Crippen molar-refractivity contribution in [2.75, 3.05) is 25.6 Å². The zero-order valence-electron chi connectivity index (χ0n) is 10.7. The standard InChI is InChI=1S/C13H19NO3/c1-9(2)8-14(3)12-7-10(17-4)5-6-11(12)13(15)16/h5-7,9H,8H2,1-4H3,(H,15,16). The smallest absolute Gasteiger partial charge is 0.337 e. The highest BCUT2D eigenvalue weighted by atomic mass is 16.5. The fraction of sp³-hybridized carbons (Fsp3) is 0.462. The number of hydrogen-bond donors (Lipinski definition) is 1. The van der Waals surface area contributed by atoms with Crippen LogP contribution >= 0.6 is 0 Å². The van der Waals surface area contributed by atoms with E-state index in [-0.39, 0.29) is 0 Å².